The average molecular weight is 360 g/mol. The minimum absolute atomic E-state index is 0. The van der Waals surface area contributed by atoms with Gasteiger partial charge in [0.25, 0.3) is 0 Å². The summed E-state index contributed by atoms with van der Waals surface area (Å²) < 4.78 is 1.43. The Bertz CT molecular complexity index is 756. The Hall–Kier alpha value is -0.830. The number of halogens is 1. The van der Waals surface area contributed by atoms with Crippen LogP contribution in [-0.2, 0) is 0 Å². The van der Waals surface area contributed by atoms with E-state index in [1.165, 1.54) is 73.8 Å². The first-order valence-corrected chi connectivity index (χ1v) is 10.2. The number of rotatable bonds is 3. The highest BCUT2D eigenvalue weighted by atomic mass is 35.5. The third kappa shape index (κ3) is 2.94. The standard InChI is InChI=1S/C21H25NS.ClH/c1-2-9-22(8-1)14-20-16-4-3-15(11-16)12-19(20)17-5-6-21-18(13-17)7-10-23-21;/h5-7,10,13,15-16H,1-4,8-9,11-12,14H2;1H. The largest absolute Gasteiger partial charge is 0.299 e. The van der Waals surface area contributed by atoms with Crippen LogP contribution in [0.3, 0.4) is 0 Å². The molecular formula is C21H26ClNS. The van der Waals surface area contributed by atoms with Gasteiger partial charge in [-0.05, 0) is 109 Å². The number of benzene rings is 1. The van der Waals surface area contributed by atoms with Crippen LogP contribution in [0.4, 0.5) is 0 Å². The summed E-state index contributed by atoms with van der Waals surface area (Å²) in [7, 11) is 0. The molecule has 2 aromatic rings. The second kappa shape index (κ2) is 6.82. The van der Waals surface area contributed by atoms with Gasteiger partial charge in [-0.1, -0.05) is 6.07 Å². The van der Waals surface area contributed by atoms with E-state index in [0.29, 0.717) is 0 Å². The van der Waals surface area contributed by atoms with E-state index >= 15 is 0 Å². The zero-order chi connectivity index (χ0) is 15.2. The van der Waals surface area contributed by atoms with Crippen LogP contribution >= 0.6 is 23.7 Å². The summed E-state index contributed by atoms with van der Waals surface area (Å²) in [6, 6.07) is 9.47. The minimum Gasteiger partial charge on any atom is -0.299 e. The molecule has 3 aliphatic rings. The van der Waals surface area contributed by atoms with Gasteiger partial charge < -0.3 is 0 Å². The van der Waals surface area contributed by atoms with Crippen molar-refractivity contribution in [3.8, 4) is 0 Å². The maximum absolute atomic E-state index is 2.71. The molecular weight excluding hydrogens is 334 g/mol. The number of hydrogen-bond acceptors (Lipinski definition) is 2. The molecule has 2 bridgehead atoms. The molecule has 24 heavy (non-hydrogen) atoms. The van der Waals surface area contributed by atoms with Gasteiger partial charge >= 0.3 is 0 Å². The van der Waals surface area contributed by atoms with Gasteiger partial charge in [-0.3, -0.25) is 4.90 Å². The van der Waals surface area contributed by atoms with E-state index in [0.717, 1.165) is 11.8 Å². The third-order valence-corrected chi connectivity index (χ3v) is 7.21. The van der Waals surface area contributed by atoms with Gasteiger partial charge in [0.1, 0.15) is 0 Å². The number of thiophene rings is 1. The smallest absolute Gasteiger partial charge is 0.0343 e. The lowest BCUT2D eigenvalue weighted by Crippen LogP contribution is -2.26. The van der Waals surface area contributed by atoms with Crippen molar-refractivity contribution in [2.24, 2.45) is 11.8 Å². The number of likely N-dealkylation sites (tertiary alicyclic amines) is 1. The topological polar surface area (TPSA) is 3.24 Å². The van der Waals surface area contributed by atoms with Crippen molar-refractivity contribution < 1.29 is 0 Å². The molecule has 2 fully saturated rings. The Kier molecular flexibility index (Phi) is 4.73. The molecule has 1 nitrogen and oxygen atoms in total. The Balaban J connectivity index is 0.00000146. The van der Waals surface area contributed by atoms with Crippen LogP contribution in [0.1, 0.15) is 44.1 Å². The molecule has 1 saturated heterocycles. The lowest BCUT2D eigenvalue weighted by atomic mass is 9.79. The molecule has 2 atom stereocenters. The van der Waals surface area contributed by atoms with Crippen molar-refractivity contribution in [2.75, 3.05) is 19.6 Å². The third-order valence-electron chi connectivity index (χ3n) is 6.31. The molecule has 1 aliphatic heterocycles. The number of allylic oxidation sites excluding steroid dienone is 1. The maximum atomic E-state index is 2.71. The Labute approximate surface area is 155 Å². The minimum atomic E-state index is 0. The monoisotopic (exact) mass is 359 g/mol. The van der Waals surface area contributed by atoms with Gasteiger partial charge in [0.2, 0.25) is 0 Å². The van der Waals surface area contributed by atoms with Crippen molar-refractivity contribution in [3.63, 3.8) is 0 Å². The molecule has 128 valence electrons. The van der Waals surface area contributed by atoms with Gasteiger partial charge in [-0.25, -0.2) is 0 Å². The Morgan fingerprint density at radius 3 is 2.83 bits per heavy atom. The van der Waals surface area contributed by atoms with Gasteiger partial charge in [-0.15, -0.1) is 23.7 Å². The Morgan fingerprint density at radius 1 is 1.08 bits per heavy atom. The maximum Gasteiger partial charge on any atom is 0.0343 e. The van der Waals surface area contributed by atoms with E-state index in [4.69, 9.17) is 0 Å². The van der Waals surface area contributed by atoms with Crippen molar-refractivity contribution in [2.45, 2.75) is 38.5 Å². The summed E-state index contributed by atoms with van der Waals surface area (Å²) in [6.45, 7) is 3.88. The fourth-order valence-electron chi connectivity index (χ4n) is 5.11. The molecule has 2 unspecified atom stereocenters. The van der Waals surface area contributed by atoms with Gasteiger partial charge in [0, 0.05) is 11.2 Å². The second-order valence-electron chi connectivity index (χ2n) is 7.74. The zero-order valence-corrected chi connectivity index (χ0v) is 15.8. The fourth-order valence-corrected chi connectivity index (χ4v) is 5.88. The molecule has 0 N–H and O–H groups in total. The molecule has 1 aromatic heterocycles. The van der Waals surface area contributed by atoms with Crippen molar-refractivity contribution in [1.29, 1.82) is 0 Å². The second-order valence-corrected chi connectivity index (χ2v) is 8.69. The first-order valence-electron chi connectivity index (χ1n) is 9.29. The lowest BCUT2D eigenvalue weighted by Gasteiger charge is -2.30. The summed E-state index contributed by atoms with van der Waals surface area (Å²) >= 11 is 1.86. The highest BCUT2D eigenvalue weighted by Crippen LogP contribution is 2.48. The molecule has 5 rings (SSSR count). The lowest BCUT2D eigenvalue weighted by molar-refractivity contribution is 0.348. The molecule has 1 saturated carbocycles. The van der Waals surface area contributed by atoms with E-state index in [1.54, 1.807) is 11.1 Å². The fraction of sp³-hybridized carbons (Fsp3) is 0.524. The van der Waals surface area contributed by atoms with E-state index in [-0.39, 0.29) is 12.4 Å². The summed E-state index contributed by atoms with van der Waals surface area (Å²) in [5.41, 5.74) is 5.03. The molecule has 0 amide bonds. The van der Waals surface area contributed by atoms with E-state index in [1.807, 2.05) is 11.3 Å². The van der Waals surface area contributed by atoms with Crippen LogP contribution < -0.4 is 0 Å². The average Bonchev–Trinajstić information content (AvgIpc) is 3.30. The van der Waals surface area contributed by atoms with Crippen molar-refractivity contribution in [3.05, 3.63) is 40.8 Å². The quantitative estimate of drug-likeness (QED) is 0.650. The van der Waals surface area contributed by atoms with Crippen molar-refractivity contribution in [1.82, 2.24) is 4.90 Å². The first kappa shape index (κ1) is 16.6. The van der Waals surface area contributed by atoms with Gasteiger partial charge in [0.15, 0.2) is 0 Å². The molecule has 2 aliphatic carbocycles. The molecule has 2 heterocycles. The molecule has 1 aromatic carbocycles. The predicted molar refractivity (Wildman–Crippen MR) is 107 cm³/mol. The SMILES string of the molecule is Cl.c1cc2cc(C3=C(CN4CCCC4)C4CCC(C3)C4)ccc2s1. The van der Waals surface area contributed by atoms with Crippen LogP contribution in [0.15, 0.2) is 35.2 Å². The highest BCUT2D eigenvalue weighted by Gasteiger charge is 2.35. The summed E-state index contributed by atoms with van der Waals surface area (Å²) in [4.78, 5) is 2.71. The molecule has 0 spiro atoms. The van der Waals surface area contributed by atoms with Crippen molar-refractivity contribution >= 4 is 39.4 Å². The van der Waals surface area contributed by atoms with Crippen LogP contribution in [0, 0.1) is 11.8 Å². The van der Waals surface area contributed by atoms with Gasteiger partial charge in [-0.2, -0.15) is 0 Å². The summed E-state index contributed by atoms with van der Waals surface area (Å²) in [5.74, 6) is 1.83. The Morgan fingerprint density at radius 2 is 1.96 bits per heavy atom. The van der Waals surface area contributed by atoms with Crippen LogP contribution in [0.2, 0.25) is 0 Å². The molecule has 0 radical (unpaired) electrons. The summed E-state index contributed by atoms with van der Waals surface area (Å²) in [6.07, 6.45) is 8.49. The number of fused-ring (bicyclic) bond motifs is 3. The number of hydrogen-bond donors (Lipinski definition) is 0. The molecule has 3 heteroatoms. The van der Waals surface area contributed by atoms with Crippen LogP contribution in [0.5, 0.6) is 0 Å². The van der Waals surface area contributed by atoms with Crippen LogP contribution in [0.25, 0.3) is 15.7 Å². The van der Waals surface area contributed by atoms with E-state index < -0.39 is 0 Å². The van der Waals surface area contributed by atoms with E-state index in [2.05, 4.69) is 34.5 Å². The summed E-state index contributed by atoms with van der Waals surface area (Å²) in [5, 5.41) is 3.65. The van der Waals surface area contributed by atoms with Crippen LogP contribution in [-0.4, -0.2) is 24.5 Å². The first-order chi connectivity index (χ1) is 11.4. The zero-order valence-electron chi connectivity index (χ0n) is 14.2. The number of nitrogens with zero attached hydrogens (tertiary/aromatic N) is 1. The normalized spacial score (nSPS) is 27.0. The highest BCUT2D eigenvalue weighted by molar-refractivity contribution is 7.17. The van der Waals surface area contributed by atoms with E-state index in [9.17, 15) is 0 Å². The predicted octanol–water partition coefficient (Wildman–Crippen LogP) is 5.99. The van der Waals surface area contributed by atoms with Gasteiger partial charge in [0.05, 0.1) is 0 Å².